The van der Waals surface area contributed by atoms with Crippen LogP contribution in [0.15, 0.2) is 72.8 Å². The van der Waals surface area contributed by atoms with Gasteiger partial charge in [-0.25, -0.2) is 0 Å². The van der Waals surface area contributed by atoms with Crippen LogP contribution in [-0.2, 0) is 6.18 Å². The highest BCUT2D eigenvalue weighted by molar-refractivity contribution is 5.72. The van der Waals surface area contributed by atoms with E-state index in [1.165, 1.54) is 12.1 Å². The minimum atomic E-state index is -4.39. The van der Waals surface area contributed by atoms with Crippen LogP contribution in [0.5, 0.6) is 0 Å². The topological polar surface area (TPSA) is 23.8 Å². The number of rotatable bonds is 2. The summed E-state index contributed by atoms with van der Waals surface area (Å²) in [5, 5.41) is 8.81. The average molecular weight is 323 g/mol. The number of nitriles is 1. The summed E-state index contributed by atoms with van der Waals surface area (Å²) in [5.41, 5.74) is 2.39. The van der Waals surface area contributed by atoms with Gasteiger partial charge in [-0.05, 0) is 40.5 Å². The Balaban J connectivity index is 1.97. The quantitative estimate of drug-likeness (QED) is 0.575. The van der Waals surface area contributed by atoms with Crippen molar-refractivity contribution in [2.75, 3.05) is 0 Å². The van der Waals surface area contributed by atoms with Crippen LogP contribution in [0.2, 0.25) is 0 Å². The summed E-state index contributed by atoms with van der Waals surface area (Å²) >= 11 is 0. The molecular formula is C20H12F3N. The van der Waals surface area contributed by atoms with Crippen molar-refractivity contribution in [3.8, 4) is 28.3 Å². The zero-order chi connectivity index (χ0) is 17.2. The molecule has 0 N–H and O–H groups in total. The molecule has 3 rings (SSSR count). The molecule has 0 heterocycles. The van der Waals surface area contributed by atoms with Crippen molar-refractivity contribution < 1.29 is 13.2 Å². The Labute approximate surface area is 137 Å². The first-order chi connectivity index (χ1) is 11.5. The monoisotopic (exact) mass is 323 g/mol. The summed E-state index contributed by atoms with van der Waals surface area (Å²) in [6.07, 6.45) is -4.39. The first-order valence-electron chi connectivity index (χ1n) is 7.26. The molecule has 4 heteroatoms. The Hall–Kier alpha value is -3.06. The largest absolute Gasteiger partial charge is 0.417 e. The lowest BCUT2D eigenvalue weighted by Crippen LogP contribution is -2.06. The van der Waals surface area contributed by atoms with E-state index < -0.39 is 11.7 Å². The van der Waals surface area contributed by atoms with E-state index in [0.29, 0.717) is 11.1 Å². The standard InChI is InChI=1S/C20H12F3N/c21-20(22,23)19-4-2-1-3-18(19)17-11-9-16(10-12-17)15-7-5-14(13-24)6-8-15/h1-12H. The molecule has 0 unspecified atom stereocenters. The van der Waals surface area contributed by atoms with Crippen LogP contribution in [0.25, 0.3) is 22.3 Å². The Morgan fingerprint density at radius 2 is 1.17 bits per heavy atom. The van der Waals surface area contributed by atoms with Crippen molar-refractivity contribution in [2.24, 2.45) is 0 Å². The van der Waals surface area contributed by atoms with Crippen molar-refractivity contribution in [1.82, 2.24) is 0 Å². The van der Waals surface area contributed by atoms with E-state index in [9.17, 15) is 13.2 Å². The third-order valence-corrected chi connectivity index (χ3v) is 3.78. The number of hydrogen-bond donors (Lipinski definition) is 0. The highest BCUT2D eigenvalue weighted by Crippen LogP contribution is 2.37. The van der Waals surface area contributed by atoms with Gasteiger partial charge < -0.3 is 0 Å². The van der Waals surface area contributed by atoms with Gasteiger partial charge in [0.1, 0.15) is 0 Å². The minimum absolute atomic E-state index is 0.163. The van der Waals surface area contributed by atoms with Crippen molar-refractivity contribution in [2.45, 2.75) is 6.18 Å². The van der Waals surface area contributed by atoms with Crippen LogP contribution in [0, 0.1) is 11.3 Å². The maximum absolute atomic E-state index is 13.1. The first kappa shape index (κ1) is 15.8. The van der Waals surface area contributed by atoms with Crippen LogP contribution in [0.4, 0.5) is 13.2 Å². The molecule has 0 saturated carbocycles. The lowest BCUT2D eigenvalue weighted by molar-refractivity contribution is -0.137. The minimum Gasteiger partial charge on any atom is -0.192 e. The van der Waals surface area contributed by atoms with E-state index in [0.717, 1.165) is 17.2 Å². The molecule has 0 saturated heterocycles. The van der Waals surface area contributed by atoms with Crippen molar-refractivity contribution in [3.05, 3.63) is 83.9 Å². The maximum atomic E-state index is 13.1. The molecule has 0 radical (unpaired) electrons. The van der Waals surface area contributed by atoms with E-state index in [4.69, 9.17) is 5.26 Å². The summed E-state index contributed by atoms with van der Waals surface area (Å²) in [4.78, 5) is 0. The molecule has 0 amide bonds. The molecule has 0 aromatic heterocycles. The van der Waals surface area contributed by atoms with Gasteiger partial charge in [0.05, 0.1) is 17.2 Å². The fourth-order valence-corrected chi connectivity index (χ4v) is 2.56. The summed E-state index contributed by atoms with van der Waals surface area (Å²) in [6, 6.07) is 21.6. The lowest BCUT2D eigenvalue weighted by atomic mass is 9.96. The Bertz CT molecular complexity index is 886. The molecule has 1 nitrogen and oxygen atoms in total. The molecule has 0 aliphatic heterocycles. The van der Waals surface area contributed by atoms with Crippen molar-refractivity contribution in [3.63, 3.8) is 0 Å². The van der Waals surface area contributed by atoms with Crippen LogP contribution in [-0.4, -0.2) is 0 Å². The third-order valence-electron chi connectivity index (χ3n) is 3.78. The molecule has 0 fully saturated rings. The summed E-state index contributed by atoms with van der Waals surface area (Å²) in [6.45, 7) is 0. The zero-order valence-corrected chi connectivity index (χ0v) is 12.5. The van der Waals surface area contributed by atoms with E-state index in [-0.39, 0.29) is 5.56 Å². The molecule has 0 spiro atoms. The molecule has 3 aromatic rings. The second-order valence-electron chi connectivity index (χ2n) is 5.31. The number of benzene rings is 3. The smallest absolute Gasteiger partial charge is 0.192 e. The molecular weight excluding hydrogens is 311 g/mol. The van der Waals surface area contributed by atoms with Crippen molar-refractivity contribution >= 4 is 0 Å². The van der Waals surface area contributed by atoms with E-state index in [2.05, 4.69) is 6.07 Å². The van der Waals surface area contributed by atoms with Gasteiger partial charge in [-0.2, -0.15) is 18.4 Å². The van der Waals surface area contributed by atoms with Crippen LogP contribution in [0.3, 0.4) is 0 Å². The predicted octanol–water partition coefficient (Wildman–Crippen LogP) is 5.91. The molecule has 24 heavy (non-hydrogen) atoms. The van der Waals surface area contributed by atoms with Gasteiger partial charge in [0.15, 0.2) is 0 Å². The van der Waals surface area contributed by atoms with Crippen LogP contribution < -0.4 is 0 Å². The lowest BCUT2D eigenvalue weighted by Gasteiger charge is -2.13. The summed E-state index contributed by atoms with van der Waals surface area (Å²) in [7, 11) is 0. The van der Waals surface area contributed by atoms with Gasteiger partial charge in [0, 0.05) is 0 Å². The van der Waals surface area contributed by atoms with Gasteiger partial charge in [-0.3, -0.25) is 0 Å². The normalized spacial score (nSPS) is 11.1. The highest BCUT2D eigenvalue weighted by Gasteiger charge is 2.33. The second-order valence-corrected chi connectivity index (χ2v) is 5.31. The number of hydrogen-bond acceptors (Lipinski definition) is 1. The number of halogens is 3. The van der Waals surface area contributed by atoms with E-state index in [1.807, 2.05) is 12.1 Å². The SMILES string of the molecule is N#Cc1ccc(-c2ccc(-c3ccccc3C(F)(F)F)cc2)cc1. The molecule has 118 valence electrons. The van der Waals surface area contributed by atoms with Crippen LogP contribution in [0.1, 0.15) is 11.1 Å². The fraction of sp³-hybridized carbons (Fsp3) is 0.0500. The third kappa shape index (κ3) is 3.16. The Morgan fingerprint density at radius 3 is 1.71 bits per heavy atom. The van der Waals surface area contributed by atoms with Gasteiger partial charge in [-0.15, -0.1) is 0 Å². The molecule has 0 atom stereocenters. The fourth-order valence-electron chi connectivity index (χ4n) is 2.56. The summed E-state index contributed by atoms with van der Waals surface area (Å²) in [5.74, 6) is 0. The predicted molar refractivity (Wildman–Crippen MR) is 87.0 cm³/mol. The van der Waals surface area contributed by atoms with Crippen LogP contribution >= 0.6 is 0 Å². The zero-order valence-electron chi connectivity index (χ0n) is 12.5. The first-order valence-corrected chi connectivity index (χ1v) is 7.26. The molecule has 3 aromatic carbocycles. The molecule has 0 aliphatic rings. The molecule has 0 aliphatic carbocycles. The van der Waals surface area contributed by atoms with Gasteiger partial charge in [-0.1, -0.05) is 54.6 Å². The Kier molecular flexibility index (Phi) is 4.09. The van der Waals surface area contributed by atoms with Gasteiger partial charge in [0.2, 0.25) is 0 Å². The van der Waals surface area contributed by atoms with Crippen molar-refractivity contribution in [1.29, 1.82) is 5.26 Å². The highest BCUT2D eigenvalue weighted by atomic mass is 19.4. The van der Waals surface area contributed by atoms with E-state index >= 15 is 0 Å². The Morgan fingerprint density at radius 1 is 0.667 bits per heavy atom. The maximum Gasteiger partial charge on any atom is 0.417 e. The molecule has 0 bridgehead atoms. The summed E-state index contributed by atoms with van der Waals surface area (Å²) < 4.78 is 39.4. The van der Waals surface area contributed by atoms with Gasteiger partial charge in [0.25, 0.3) is 0 Å². The average Bonchev–Trinajstić information content (AvgIpc) is 2.61. The second kappa shape index (κ2) is 6.21. The number of nitrogens with zero attached hydrogens (tertiary/aromatic N) is 1. The van der Waals surface area contributed by atoms with E-state index in [1.54, 1.807) is 42.5 Å². The number of alkyl halides is 3. The van der Waals surface area contributed by atoms with Gasteiger partial charge >= 0.3 is 6.18 Å².